The molecule has 6 heteroatoms. The number of carbonyl (C=O) groups is 1. The van der Waals surface area contributed by atoms with Crippen LogP contribution < -0.4 is 5.32 Å². The summed E-state index contributed by atoms with van der Waals surface area (Å²) in [5, 5.41) is 11.1. The standard InChI is InChI=1S/C23H27N5O/c1-18-7-5-6-10-20(18)16-28-17-22(25-26-28)23(29)24-12-14-27-13-11-21(15-27)19-8-3-2-4-9-19/h2-10,17,21H,11-16H2,1H3,(H,24,29). The van der Waals surface area contributed by atoms with E-state index in [0.717, 1.165) is 19.6 Å². The Morgan fingerprint density at radius 1 is 1.14 bits per heavy atom. The Hall–Kier alpha value is -2.99. The van der Waals surface area contributed by atoms with Crippen LogP contribution in [0.3, 0.4) is 0 Å². The monoisotopic (exact) mass is 389 g/mol. The molecule has 0 spiro atoms. The van der Waals surface area contributed by atoms with Crippen molar-refractivity contribution in [2.24, 2.45) is 0 Å². The topological polar surface area (TPSA) is 63.1 Å². The van der Waals surface area contributed by atoms with Crippen molar-refractivity contribution in [3.05, 3.63) is 83.2 Å². The molecule has 0 bridgehead atoms. The minimum absolute atomic E-state index is 0.167. The lowest BCUT2D eigenvalue weighted by Gasteiger charge is -2.16. The molecule has 1 saturated heterocycles. The fourth-order valence-corrected chi connectivity index (χ4v) is 3.89. The Morgan fingerprint density at radius 2 is 1.93 bits per heavy atom. The second-order valence-electron chi connectivity index (χ2n) is 7.68. The maximum absolute atomic E-state index is 12.4. The Balaban J connectivity index is 1.23. The van der Waals surface area contributed by atoms with E-state index in [4.69, 9.17) is 0 Å². The van der Waals surface area contributed by atoms with Crippen molar-refractivity contribution < 1.29 is 4.79 Å². The number of hydrogen-bond acceptors (Lipinski definition) is 4. The van der Waals surface area contributed by atoms with Gasteiger partial charge in [0, 0.05) is 19.6 Å². The van der Waals surface area contributed by atoms with E-state index in [1.807, 2.05) is 12.1 Å². The zero-order valence-electron chi connectivity index (χ0n) is 16.8. The highest BCUT2D eigenvalue weighted by Gasteiger charge is 2.23. The first kappa shape index (κ1) is 19.3. The van der Waals surface area contributed by atoms with Crippen molar-refractivity contribution >= 4 is 5.91 Å². The summed E-state index contributed by atoms with van der Waals surface area (Å²) in [6.45, 7) is 6.27. The largest absolute Gasteiger partial charge is 0.349 e. The molecule has 1 fully saturated rings. The second-order valence-corrected chi connectivity index (χ2v) is 7.68. The third-order valence-corrected chi connectivity index (χ3v) is 5.62. The van der Waals surface area contributed by atoms with Crippen LogP contribution in [-0.2, 0) is 6.54 Å². The van der Waals surface area contributed by atoms with Gasteiger partial charge in [-0.05, 0) is 42.5 Å². The van der Waals surface area contributed by atoms with Crippen LogP contribution in [0.15, 0.2) is 60.8 Å². The molecular formula is C23H27N5O. The Kier molecular flexibility index (Phi) is 6.00. The summed E-state index contributed by atoms with van der Waals surface area (Å²) in [4.78, 5) is 14.8. The molecule has 1 aliphatic heterocycles. The van der Waals surface area contributed by atoms with Gasteiger partial charge in [0.2, 0.25) is 0 Å². The van der Waals surface area contributed by atoms with Gasteiger partial charge in [0.15, 0.2) is 5.69 Å². The highest BCUT2D eigenvalue weighted by atomic mass is 16.2. The maximum Gasteiger partial charge on any atom is 0.273 e. The van der Waals surface area contributed by atoms with Crippen molar-refractivity contribution in [3.63, 3.8) is 0 Å². The Labute approximate surface area is 171 Å². The van der Waals surface area contributed by atoms with Crippen molar-refractivity contribution in [1.29, 1.82) is 0 Å². The first-order chi connectivity index (χ1) is 14.2. The molecule has 29 heavy (non-hydrogen) atoms. The molecule has 2 aromatic carbocycles. The van der Waals surface area contributed by atoms with Gasteiger partial charge in [-0.15, -0.1) is 5.10 Å². The first-order valence-corrected chi connectivity index (χ1v) is 10.2. The fourth-order valence-electron chi connectivity index (χ4n) is 3.89. The third kappa shape index (κ3) is 4.90. The van der Waals surface area contributed by atoms with Crippen molar-refractivity contribution in [2.75, 3.05) is 26.2 Å². The van der Waals surface area contributed by atoms with E-state index in [-0.39, 0.29) is 5.91 Å². The normalized spacial score (nSPS) is 16.8. The predicted octanol–water partition coefficient (Wildman–Crippen LogP) is 2.85. The number of nitrogens with one attached hydrogen (secondary N) is 1. The molecule has 1 aliphatic rings. The molecular weight excluding hydrogens is 362 g/mol. The number of aromatic nitrogens is 3. The molecule has 3 aromatic rings. The van der Waals surface area contributed by atoms with E-state index < -0.39 is 0 Å². The average molecular weight is 390 g/mol. The van der Waals surface area contributed by atoms with Gasteiger partial charge in [-0.3, -0.25) is 4.79 Å². The fraction of sp³-hybridized carbons (Fsp3) is 0.348. The molecule has 1 aromatic heterocycles. The van der Waals surface area contributed by atoms with Gasteiger partial charge in [0.1, 0.15) is 0 Å². The quantitative estimate of drug-likeness (QED) is 0.675. The maximum atomic E-state index is 12.4. The summed E-state index contributed by atoms with van der Waals surface area (Å²) in [5.41, 5.74) is 4.14. The van der Waals surface area contributed by atoms with Gasteiger partial charge in [-0.25, -0.2) is 4.68 Å². The summed E-state index contributed by atoms with van der Waals surface area (Å²) in [6.07, 6.45) is 2.88. The molecule has 1 amide bonds. The predicted molar refractivity (Wildman–Crippen MR) is 113 cm³/mol. The van der Waals surface area contributed by atoms with Crippen LogP contribution in [0, 0.1) is 6.92 Å². The van der Waals surface area contributed by atoms with Crippen LogP contribution in [0.1, 0.15) is 39.5 Å². The Bertz CT molecular complexity index is 953. The molecule has 1 atom stereocenters. The first-order valence-electron chi connectivity index (χ1n) is 10.2. The third-order valence-electron chi connectivity index (χ3n) is 5.62. The van der Waals surface area contributed by atoms with Crippen LogP contribution in [0.5, 0.6) is 0 Å². The molecule has 0 saturated carbocycles. The number of likely N-dealkylation sites (tertiary alicyclic amines) is 1. The van der Waals surface area contributed by atoms with Gasteiger partial charge >= 0.3 is 0 Å². The van der Waals surface area contributed by atoms with Gasteiger partial charge in [0.25, 0.3) is 5.91 Å². The lowest BCUT2D eigenvalue weighted by atomic mass is 9.99. The minimum Gasteiger partial charge on any atom is -0.349 e. The summed E-state index contributed by atoms with van der Waals surface area (Å²) in [7, 11) is 0. The summed E-state index contributed by atoms with van der Waals surface area (Å²) >= 11 is 0. The minimum atomic E-state index is -0.167. The summed E-state index contributed by atoms with van der Waals surface area (Å²) < 4.78 is 1.71. The van der Waals surface area contributed by atoms with Gasteiger partial charge < -0.3 is 10.2 Å². The Morgan fingerprint density at radius 3 is 2.76 bits per heavy atom. The van der Waals surface area contributed by atoms with Crippen LogP contribution >= 0.6 is 0 Å². The number of aryl methyl sites for hydroxylation is 1. The van der Waals surface area contributed by atoms with E-state index >= 15 is 0 Å². The van der Waals surface area contributed by atoms with E-state index in [0.29, 0.717) is 24.7 Å². The van der Waals surface area contributed by atoms with Crippen molar-refractivity contribution in [1.82, 2.24) is 25.2 Å². The molecule has 2 heterocycles. The molecule has 6 nitrogen and oxygen atoms in total. The van der Waals surface area contributed by atoms with E-state index in [1.54, 1.807) is 10.9 Å². The highest BCUT2D eigenvalue weighted by Crippen LogP contribution is 2.26. The van der Waals surface area contributed by atoms with Crippen LogP contribution in [0.25, 0.3) is 0 Å². The van der Waals surface area contributed by atoms with E-state index in [2.05, 4.69) is 69.9 Å². The lowest BCUT2D eigenvalue weighted by Crippen LogP contribution is -2.34. The average Bonchev–Trinajstić information content (AvgIpc) is 3.40. The molecule has 0 aliphatic carbocycles. The van der Waals surface area contributed by atoms with Gasteiger partial charge in [-0.1, -0.05) is 59.8 Å². The highest BCUT2D eigenvalue weighted by molar-refractivity contribution is 5.91. The van der Waals surface area contributed by atoms with Crippen LogP contribution in [-0.4, -0.2) is 52.0 Å². The molecule has 1 unspecified atom stereocenters. The molecule has 1 N–H and O–H groups in total. The van der Waals surface area contributed by atoms with E-state index in [1.165, 1.54) is 23.1 Å². The van der Waals surface area contributed by atoms with E-state index in [9.17, 15) is 4.79 Å². The molecule has 0 radical (unpaired) electrons. The second kappa shape index (κ2) is 9.01. The van der Waals surface area contributed by atoms with Crippen LogP contribution in [0.4, 0.5) is 0 Å². The summed E-state index contributed by atoms with van der Waals surface area (Å²) in [6, 6.07) is 18.8. The smallest absolute Gasteiger partial charge is 0.273 e. The molecule has 150 valence electrons. The number of carbonyl (C=O) groups excluding carboxylic acids is 1. The van der Waals surface area contributed by atoms with Crippen molar-refractivity contribution in [2.45, 2.75) is 25.8 Å². The zero-order valence-corrected chi connectivity index (χ0v) is 16.8. The number of benzene rings is 2. The number of nitrogens with zero attached hydrogens (tertiary/aromatic N) is 4. The summed E-state index contributed by atoms with van der Waals surface area (Å²) in [5.74, 6) is 0.424. The number of rotatable bonds is 7. The lowest BCUT2D eigenvalue weighted by molar-refractivity contribution is 0.0944. The number of hydrogen-bond donors (Lipinski definition) is 1. The zero-order chi connectivity index (χ0) is 20.1. The number of amides is 1. The van der Waals surface area contributed by atoms with Crippen molar-refractivity contribution in [3.8, 4) is 0 Å². The SMILES string of the molecule is Cc1ccccc1Cn1cc(C(=O)NCCN2CCC(c3ccccc3)C2)nn1. The molecule has 4 rings (SSSR count). The van der Waals surface area contributed by atoms with Gasteiger partial charge in [-0.2, -0.15) is 0 Å². The van der Waals surface area contributed by atoms with Gasteiger partial charge in [0.05, 0.1) is 12.7 Å². The van der Waals surface area contributed by atoms with Crippen LogP contribution in [0.2, 0.25) is 0 Å².